The number of nitrogens with one attached hydrogen (secondary N) is 1. The minimum Gasteiger partial charge on any atom is -0.307 e. The van der Waals surface area contributed by atoms with Crippen molar-refractivity contribution in [2.45, 2.75) is 31.8 Å². The maximum absolute atomic E-state index is 4.18. The molecule has 0 radical (unpaired) electrons. The van der Waals surface area contributed by atoms with Gasteiger partial charge in [0.2, 0.25) is 0 Å². The van der Waals surface area contributed by atoms with Crippen LogP contribution in [0.4, 0.5) is 0 Å². The maximum atomic E-state index is 4.18. The smallest absolute Gasteiger partial charge is 0.168 e. The Kier molecular flexibility index (Phi) is 3.32. The van der Waals surface area contributed by atoms with Crippen molar-refractivity contribution >= 4 is 0 Å². The Morgan fingerprint density at radius 1 is 1.22 bits per heavy atom. The summed E-state index contributed by atoms with van der Waals surface area (Å²) >= 11 is 0. The van der Waals surface area contributed by atoms with Crippen LogP contribution in [0.2, 0.25) is 0 Å². The van der Waals surface area contributed by atoms with E-state index in [4.69, 9.17) is 0 Å². The van der Waals surface area contributed by atoms with Crippen LogP contribution < -0.4 is 5.32 Å². The number of hydrogen-bond acceptors (Lipinski definition) is 4. The molecule has 5 nitrogen and oxygen atoms in total. The zero-order valence-corrected chi connectivity index (χ0v) is 10.3. The molecule has 0 spiro atoms. The first kappa shape index (κ1) is 11.3. The number of rotatable bonds is 3. The Morgan fingerprint density at radius 2 is 2.11 bits per heavy atom. The molecule has 18 heavy (non-hydrogen) atoms. The fourth-order valence-corrected chi connectivity index (χ4v) is 2.40. The minimum atomic E-state index is 0.303. The first-order chi connectivity index (χ1) is 8.93. The summed E-state index contributed by atoms with van der Waals surface area (Å²) < 4.78 is 1.90. The summed E-state index contributed by atoms with van der Waals surface area (Å²) in [4.78, 5) is 0. The molecule has 1 aromatic carbocycles. The molecule has 0 saturated carbocycles. The van der Waals surface area contributed by atoms with Gasteiger partial charge in [0.25, 0.3) is 0 Å². The van der Waals surface area contributed by atoms with E-state index in [2.05, 4.69) is 33.0 Å². The molecule has 1 fully saturated rings. The molecule has 5 heteroatoms. The van der Waals surface area contributed by atoms with E-state index in [0.29, 0.717) is 6.04 Å². The van der Waals surface area contributed by atoms with Crippen LogP contribution in [0.15, 0.2) is 30.3 Å². The average molecular weight is 243 g/mol. The van der Waals surface area contributed by atoms with Gasteiger partial charge in [-0.25, -0.2) is 4.68 Å². The zero-order chi connectivity index (χ0) is 12.2. The monoisotopic (exact) mass is 243 g/mol. The number of piperidine rings is 1. The van der Waals surface area contributed by atoms with Crippen molar-refractivity contribution in [1.29, 1.82) is 0 Å². The van der Waals surface area contributed by atoms with Crippen molar-refractivity contribution < 1.29 is 0 Å². The second kappa shape index (κ2) is 5.27. The minimum absolute atomic E-state index is 0.303. The van der Waals surface area contributed by atoms with E-state index in [1.54, 1.807) is 0 Å². The largest absolute Gasteiger partial charge is 0.307 e. The molecule has 0 bridgehead atoms. The Balaban J connectivity index is 1.78. The van der Waals surface area contributed by atoms with Gasteiger partial charge < -0.3 is 5.32 Å². The number of benzene rings is 1. The van der Waals surface area contributed by atoms with E-state index in [1.165, 1.54) is 18.4 Å². The fourth-order valence-electron chi connectivity index (χ4n) is 2.40. The molecular formula is C13H17N5. The molecule has 1 saturated heterocycles. The van der Waals surface area contributed by atoms with E-state index in [0.717, 1.165) is 25.3 Å². The van der Waals surface area contributed by atoms with Gasteiger partial charge in [0.1, 0.15) is 0 Å². The molecule has 1 N–H and O–H groups in total. The van der Waals surface area contributed by atoms with Crippen LogP contribution in [0.25, 0.3) is 0 Å². The van der Waals surface area contributed by atoms with Crippen molar-refractivity contribution in [1.82, 2.24) is 25.5 Å². The number of nitrogens with zero attached hydrogens (tertiary/aromatic N) is 4. The lowest BCUT2D eigenvalue weighted by atomic mass is 10.0. The van der Waals surface area contributed by atoms with Crippen molar-refractivity contribution in [2.75, 3.05) is 6.54 Å². The second-order valence-electron chi connectivity index (χ2n) is 4.68. The highest BCUT2D eigenvalue weighted by Gasteiger charge is 2.20. The Bertz CT molecular complexity index is 487. The molecular weight excluding hydrogens is 226 g/mol. The lowest BCUT2D eigenvalue weighted by Crippen LogP contribution is -2.29. The summed E-state index contributed by atoms with van der Waals surface area (Å²) in [6.07, 6.45) is 3.61. The van der Waals surface area contributed by atoms with E-state index in [1.807, 2.05) is 22.9 Å². The van der Waals surface area contributed by atoms with Gasteiger partial charge in [-0.1, -0.05) is 36.8 Å². The van der Waals surface area contributed by atoms with Gasteiger partial charge in [0, 0.05) is 0 Å². The third kappa shape index (κ3) is 2.41. The molecule has 3 rings (SSSR count). The molecule has 1 aliphatic heterocycles. The van der Waals surface area contributed by atoms with Crippen LogP contribution in [0, 0.1) is 0 Å². The zero-order valence-electron chi connectivity index (χ0n) is 10.3. The molecule has 1 aliphatic rings. The highest BCUT2D eigenvalue weighted by Crippen LogP contribution is 2.20. The molecule has 2 aromatic rings. The van der Waals surface area contributed by atoms with Gasteiger partial charge in [-0.2, -0.15) is 0 Å². The molecule has 2 heterocycles. The van der Waals surface area contributed by atoms with E-state index in [9.17, 15) is 0 Å². The lowest BCUT2D eigenvalue weighted by Gasteiger charge is -2.22. The van der Waals surface area contributed by atoms with Gasteiger partial charge in [0.05, 0.1) is 12.6 Å². The van der Waals surface area contributed by atoms with Crippen molar-refractivity contribution in [2.24, 2.45) is 0 Å². The number of hydrogen-bond donors (Lipinski definition) is 1. The predicted molar refractivity (Wildman–Crippen MR) is 68.0 cm³/mol. The highest BCUT2D eigenvalue weighted by molar-refractivity contribution is 5.15. The summed E-state index contributed by atoms with van der Waals surface area (Å²) in [7, 11) is 0. The predicted octanol–water partition coefficient (Wildman–Crippen LogP) is 1.54. The summed E-state index contributed by atoms with van der Waals surface area (Å²) in [5, 5.41) is 15.6. The fraction of sp³-hybridized carbons (Fsp3) is 0.462. The topological polar surface area (TPSA) is 55.6 Å². The van der Waals surface area contributed by atoms with Gasteiger partial charge in [-0.05, 0) is 35.4 Å². The Hall–Kier alpha value is -1.75. The quantitative estimate of drug-likeness (QED) is 0.888. The van der Waals surface area contributed by atoms with E-state index < -0.39 is 0 Å². The van der Waals surface area contributed by atoms with Crippen LogP contribution in [0.3, 0.4) is 0 Å². The van der Waals surface area contributed by atoms with Crippen molar-refractivity contribution in [3.8, 4) is 0 Å². The number of tetrazole rings is 1. The van der Waals surface area contributed by atoms with Crippen LogP contribution in [-0.4, -0.2) is 26.8 Å². The van der Waals surface area contributed by atoms with Crippen LogP contribution in [-0.2, 0) is 6.54 Å². The third-order valence-corrected chi connectivity index (χ3v) is 3.36. The standard InChI is InChI=1S/C13H17N5/c1-2-6-11(7-3-1)10-18-13(15-16-17-18)12-8-4-5-9-14-12/h1-3,6-7,12,14H,4-5,8-10H2. The summed E-state index contributed by atoms with van der Waals surface area (Å²) in [5.74, 6) is 0.957. The van der Waals surface area contributed by atoms with Crippen LogP contribution in [0.1, 0.15) is 36.7 Å². The first-order valence-corrected chi connectivity index (χ1v) is 6.47. The highest BCUT2D eigenvalue weighted by atomic mass is 15.5. The van der Waals surface area contributed by atoms with Gasteiger partial charge in [-0.3, -0.25) is 0 Å². The molecule has 1 unspecified atom stereocenters. The summed E-state index contributed by atoms with van der Waals surface area (Å²) in [6, 6.07) is 10.6. The van der Waals surface area contributed by atoms with Gasteiger partial charge in [0.15, 0.2) is 5.82 Å². The van der Waals surface area contributed by atoms with E-state index >= 15 is 0 Å². The maximum Gasteiger partial charge on any atom is 0.168 e. The van der Waals surface area contributed by atoms with Crippen molar-refractivity contribution in [3.63, 3.8) is 0 Å². The molecule has 94 valence electrons. The SMILES string of the molecule is c1ccc(Cn2nnnc2C2CCCCN2)cc1. The molecule has 1 atom stereocenters. The normalized spacial score (nSPS) is 19.9. The van der Waals surface area contributed by atoms with Crippen molar-refractivity contribution in [3.05, 3.63) is 41.7 Å². The van der Waals surface area contributed by atoms with Gasteiger partial charge in [-0.15, -0.1) is 5.10 Å². The van der Waals surface area contributed by atoms with Crippen LogP contribution in [0.5, 0.6) is 0 Å². The Morgan fingerprint density at radius 3 is 2.89 bits per heavy atom. The van der Waals surface area contributed by atoms with Gasteiger partial charge >= 0.3 is 0 Å². The Labute approximate surface area is 106 Å². The average Bonchev–Trinajstić information content (AvgIpc) is 2.89. The summed E-state index contributed by atoms with van der Waals surface area (Å²) in [5.41, 5.74) is 1.22. The summed E-state index contributed by atoms with van der Waals surface area (Å²) in [6.45, 7) is 1.80. The lowest BCUT2D eigenvalue weighted by molar-refractivity contribution is 0.382. The molecule has 0 aliphatic carbocycles. The molecule has 1 aromatic heterocycles. The second-order valence-corrected chi connectivity index (χ2v) is 4.68. The third-order valence-electron chi connectivity index (χ3n) is 3.36. The number of aromatic nitrogens is 4. The molecule has 0 amide bonds. The first-order valence-electron chi connectivity index (χ1n) is 6.47. The van der Waals surface area contributed by atoms with Crippen LogP contribution >= 0.6 is 0 Å². The van der Waals surface area contributed by atoms with E-state index in [-0.39, 0.29) is 0 Å².